The Morgan fingerprint density at radius 3 is 2.38 bits per heavy atom. The number of rotatable bonds is 4. The molecule has 0 heterocycles. The van der Waals surface area contributed by atoms with Crippen molar-refractivity contribution in [2.24, 2.45) is 0 Å². The molecule has 0 fully saturated rings. The number of nitrogens with zero attached hydrogens (tertiary/aromatic N) is 2. The highest BCUT2D eigenvalue weighted by Crippen LogP contribution is 2.36. The first kappa shape index (κ1) is 14.4. The van der Waals surface area contributed by atoms with Crippen LogP contribution in [0.3, 0.4) is 0 Å². The van der Waals surface area contributed by atoms with Gasteiger partial charge in [-0.15, -0.1) is 0 Å². The van der Waals surface area contributed by atoms with E-state index in [-0.39, 0.29) is 29.2 Å². The van der Waals surface area contributed by atoms with Gasteiger partial charge in [0.05, 0.1) is 24.8 Å². The van der Waals surface area contributed by atoms with Crippen LogP contribution < -0.4 is 9.47 Å². The largest absolute Gasteiger partial charge is 0.495 e. The summed E-state index contributed by atoms with van der Waals surface area (Å²) in [4.78, 5) is 0. The molecule has 2 aromatic rings. The van der Waals surface area contributed by atoms with Gasteiger partial charge in [-0.1, -0.05) is 18.2 Å². The molecule has 0 atom stereocenters. The van der Waals surface area contributed by atoms with E-state index in [1.807, 2.05) is 18.2 Å². The van der Waals surface area contributed by atoms with Crippen LogP contribution in [0.2, 0.25) is 0 Å². The summed E-state index contributed by atoms with van der Waals surface area (Å²) >= 11 is 0. The lowest BCUT2D eigenvalue weighted by molar-refractivity contribution is 0.267. The molecule has 21 heavy (non-hydrogen) atoms. The Balaban J connectivity index is 2.61. The molecule has 0 aliphatic rings. The summed E-state index contributed by atoms with van der Waals surface area (Å²) in [7, 11) is 1.38. The van der Waals surface area contributed by atoms with Crippen LogP contribution in [0.5, 0.6) is 17.2 Å². The first-order chi connectivity index (χ1) is 10.2. The van der Waals surface area contributed by atoms with Gasteiger partial charge in [0.2, 0.25) is 0 Å². The summed E-state index contributed by atoms with van der Waals surface area (Å²) in [6, 6.07) is 14.2. The van der Waals surface area contributed by atoms with Crippen LogP contribution in [0.25, 0.3) is 0 Å². The van der Waals surface area contributed by atoms with Gasteiger partial charge >= 0.3 is 0 Å². The maximum absolute atomic E-state index is 9.54. The second kappa shape index (κ2) is 6.42. The molecule has 0 aliphatic carbocycles. The average Bonchev–Trinajstić information content (AvgIpc) is 2.54. The SMILES string of the molecule is COc1c(C#N)c(C#N)cc(Oc2ccccc2)c1CO. The standard InChI is InChI=1S/C16H12N2O3/c1-20-16-13(9-18)11(8-17)7-15(14(16)10-19)21-12-5-3-2-4-6-12/h2-7,19H,10H2,1H3. The van der Waals surface area contributed by atoms with Crippen LogP contribution in [-0.4, -0.2) is 12.2 Å². The third-order valence-corrected chi connectivity index (χ3v) is 2.91. The minimum Gasteiger partial charge on any atom is -0.495 e. The molecule has 2 aromatic carbocycles. The van der Waals surface area contributed by atoms with E-state index in [2.05, 4.69) is 0 Å². The van der Waals surface area contributed by atoms with Crippen molar-refractivity contribution < 1.29 is 14.6 Å². The summed E-state index contributed by atoms with van der Waals surface area (Å²) in [5, 5.41) is 27.8. The molecule has 0 aromatic heterocycles. The average molecular weight is 280 g/mol. The maximum atomic E-state index is 9.54. The van der Waals surface area contributed by atoms with Crippen molar-refractivity contribution in [3.8, 4) is 29.4 Å². The van der Waals surface area contributed by atoms with Crippen molar-refractivity contribution >= 4 is 0 Å². The monoisotopic (exact) mass is 280 g/mol. The lowest BCUT2D eigenvalue weighted by Gasteiger charge is -2.15. The van der Waals surface area contributed by atoms with Crippen LogP contribution in [0.4, 0.5) is 0 Å². The molecule has 0 unspecified atom stereocenters. The molecule has 0 radical (unpaired) electrons. The maximum Gasteiger partial charge on any atom is 0.147 e. The zero-order chi connectivity index (χ0) is 15.2. The van der Waals surface area contributed by atoms with Gasteiger partial charge in [0.1, 0.15) is 35.0 Å². The number of hydrogen-bond donors (Lipinski definition) is 1. The fourth-order valence-corrected chi connectivity index (χ4v) is 1.96. The minimum absolute atomic E-state index is 0.0875. The van der Waals surface area contributed by atoms with Gasteiger partial charge in [0.25, 0.3) is 0 Å². The van der Waals surface area contributed by atoms with E-state index in [0.29, 0.717) is 11.3 Å². The van der Waals surface area contributed by atoms with E-state index in [9.17, 15) is 5.11 Å². The number of ether oxygens (including phenoxy) is 2. The van der Waals surface area contributed by atoms with Crippen molar-refractivity contribution in [1.82, 2.24) is 0 Å². The Hall–Kier alpha value is -3.02. The number of para-hydroxylation sites is 1. The summed E-state index contributed by atoms with van der Waals surface area (Å²) < 4.78 is 10.8. The van der Waals surface area contributed by atoms with Gasteiger partial charge < -0.3 is 14.6 Å². The summed E-state index contributed by atoms with van der Waals surface area (Å²) in [6.45, 7) is -0.369. The third-order valence-electron chi connectivity index (χ3n) is 2.91. The highest BCUT2D eigenvalue weighted by Gasteiger charge is 2.20. The van der Waals surface area contributed by atoms with Crippen LogP contribution in [-0.2, 0) is 6.61 Å². The van der Waals surface area contributed by atoms with Crippen LogP contribution in [0, 0.1) is 22.7 Å². The highest BCUT2D eigenvalue weighted by atomic mass is 16.5. The molecular weight excluding hydrogens is 268 g/mol. The fraction of sp³-hybridized carbons (Fsp3) is 0.125. The second-order valence-corrected chi connectivity index (χ2v) is 4.11. The van der Waals surface area contributed by atoms with Gasteiger partial charge in [-0.05, 0) is 12.1 Å². The normalized spacial score (nSPS) is 9.52. The molecule has 5 nitrogen and oxygen atoms in total. The number of methoxy groups -OCH3 is 1. The predicted molar refractivity (Wildman–Crippen MR) is 74.9 cm³/mol. The lowest BCUT2D eigenvalue weighted by atomic mass is 10.0. The zero-order valence-corrected chi connectivity index (χ0v) is 11.3. The van der Waals surface area contributed by atoms with E-state index < -0.39 is 0 Å². The quantitative estimate of drug-likeness (QED) is 0.930. The second-order valence-electron chi connectivity index (χ2n) is 4.11. The molecule has 0 saturated carbocycles. The Kier molecular flexibility index (Phi) is 4.40. The third kappa shape index (κ3) is 2.79. The molecule has 104 valence electrons. The lowest BCUT2D eigenvalue weighted by Crippen LogP contribution is -2.01. The smallest absolute Gasteiger partial charge is 0.147 e. The Bertz CT molecular complexity index is 728. The number of benzene rings is 2. The van der Waals surface area contributed by atoms with Crippen molar-refractivity contribution in [3.63, 3.8) is 0 Å². The van der Waals surface area contributed by atoms with Gasteiger partial charge in [-0.25, -0.2) is 0 Å². The molecule has 1 N–H and O–H groups in total. The summed E-state index contributed by atoms with van der Waals surface area (Å²) in [5.41, 5.74) is 0.554. The minimum atomic E-state index is -0.369. The summed E-state index contributed by atoms with van der Waals surface area (Å²) in [6.07, 6.45) is 0. The first-order valence-corrected chi connectivity index (χ1v) is 6.13. The number of aliphatic hydroxyl groups is 1. The molecule has 5 heteroatoms. The molecule has 2 rings (SSSR count). The first-order valence-electron chi connectivity index (χ1n) is 6.13. The van der Waals surface area contributed by atoms with Gasteiger partial charge in [-0.3, -0.25) is 0 Å². The zero-order valence-electron chi connectivity index (χ0n) is 11.3. The topological polar surface area (TPSA) is 86.3 Å². The molecule has 0 bridgehead atoms. The predicted octanol–water partition coefficient (Wildman–Crippen LogP) is 2.72. The molecule has 0 aliphatic heterocycles. The summed E-state index contributed by atoms with van der Waals surface area (Å²) in [5.74, 6) is 1.00. The van der Waals surface area contributed by atoms with Crippen molar-refractivity contribution in [2.75, 3.05) is 7.11 Å². The van der Waals surface area contributed by atoms with Gasteiger partial charge in [0, 0.05) is 6.07 Å². The highest BCUT2D eigenvalue weighted by molar-refractivity contribution is 5.63. The number of hydrogen-bond acceptors (Lipinski definition) is 5. The van der Waals surface area contributed by atoms with Gasteiger partial charge in [0.15, 0.2) is 0 Å². The molecule has 0 spiro atoms. The van der Waals surface area contributed by atoms with E-state index in [0.717, 1.165) is 0 Å². The van der Waals surface area contributed by atoms with Crippen molar-refractivity contribution in [3.05, 3.63) is 53.1 Å². The van der Waals surface area contributed by atoms with Crippen LogP contribution in [0.1, 0.15) is 16.7 Å². The van der Waals surface area contributed by atoms with E-state index in [1.165, 1.54) is 13.2 Å². The van der Waals surface area contributed by atoms with E-state index >= 15 is 0 Å². The fourth-order valence-electron chi connectivity index (χ4n) is 1.96. The molecular formula is C16H12N2O3. The molecule has 0 saturated heterocycles. The number of nitriles is 2. The Morgan fingerprint density at radius 2 is 1.86 bits per heavy atom. The van der Waals surface area contributed by atoms with Crippen molar-refractivity contribution in [1.29, 1.82) is 10.5 Å². The Morgan fingerprint density at radius 1 is 1.14 bits per heavy atom. The van der Waals surface area contributed by atoms with E-state index in [4.69, 9.17) is 20.0 Å². The van der Waals surface area contributed by atoms with E-state index in [1.54, 1.807) is 24.3 Å². The van der Waals surface area contributed by atoms with Crippen LogP contribution >= 0.6 is 0 Å². The number of aliphatic hydroxyl groups excluding tert-OH is 1. The Labute approximate surface area is 122 Å². The van der Waals surface area contributed by atoms with Crippen LogP contribution in [0.15, 0.2) is 36.4 Å². The van der Waals surface area contributed by atoms with Gasteiger partial charge in [-0.2, -0.15) is 10.5 Å². The molecule has 0 amide bonds. The van der Waals surface area contributed by atoms with Crippen molar-refractivity contribution in [2.45, 2.75) is 6.61 Å².